The monoisotopic (exact) mass is 205 g/mol. The van der Waals surface area contributed by atoms with E-state index in [0.717, 1.165) is 11.0 Å². The van der Waals surface area contributed by atoms with Crippen molar-refractivity contribution in [1.29, 1.82) is 0 Å². The van der Waals surface area contributed by atoms with Gasteiger partial charge in [0.2, 0.25) is 0 Å². The Morgan fingerprint density at radius 2 is 2.20 bits per heavy atom. The van der Waals surface area contributed by atoms with Crippen molar-refractivity contribution in [3.8, 4) is 0 Å². The smallest absolute Gasteiger partial charge is 0.325 e. The predicted molar refractivity (Wildman–Crippen MR) is 56.9 cm³/mol. The van der Waals surface area contributed by atoms with E-state index in [1.807, 2.05) is 24.3 Å². The summed E-state index contributed by atoms with van der Waals surface area (Å²) in [5.74, 6) is -0.429. The third-order valence-electron chi connectivity index (χ3n) is 2.15. The molecule has 4 heteroatoms. The topological polar surface area (TPSA) is 62.5 Å². The van der Waals surface area contributed by atoms with Crippen molar-refractivity contribution in [1.82, 2.24) is 0 Å². The van der Waals surface area contributed by atoms with Gasteiger partial charge in [-0.25, -0.2) is 0 Å². The van der Waals surface area contributed by atoms with Crippen LogP contribution < -0.4 is 5.32 Å². The van der Waals surface area contributed by atoms with Crippen LogP contribution in [-0.4, -0.2) is 17.1 Å². The van der Waals surface area contributed by atoms with Crippen molar-refractivity contribution in [3.63, 3.8) is 0 Å². The molecule has 1 unspecified atom stereocenters. The molecule has 1 atom stereocenters. The van der Waals surface area contributed by atoms with Gasteiger partial charge in [0.15, 0.2) is 5.88 Å². The number of hydrogen-bond acceptors (Lipinski definition) is 3. The lowest BCUT2D eigenvalue weighted by Crippen LogP contribution is -2.24. The maximum Gasteiger partial charge on any atom is 0.325 e. The molecule has 0 aliphatic heterocycles. The highest BCUT2D eigenvalue weighted by atomic mass is 16.4. The van der Waals surface area contributed by atoms with Gasteiger partial charge in [-0.15, -0.1) is 0 Å². The summed E-state index contributed by atoms with van der Waals surface area (Å²) in [6.45, 7) is 1.56. The first kappa shape index (κ1) is 9.58. The Morgan fingerprint density at radius 3 is 2.87 bits per heavy atom. The van der Waals surface area contributed by atoms with E-state index in [1.54, 1.807) is 13.0 Å². The van der Waals surface area contributed by atoms with Crippen LogP contribution in [0.3, 0.4) is 0 Å². The molecule has 2 aromatic rings. The number of rotatable bonds is 3. The molecular weight excluding hydrogens is 194 g/mol. The third-order valence-corrected chi connectivity index (χ3v) is 2.15. The molecular formula is C11H11NO3. The number of para-hydroxylation sites is 1. The van der Waals surface area contributed by atoms with E-state index in [-0.39, 0.29) is 0 Å². The molecule has 1 aromatic carbocycles. The highest BCUT2D eigenvalue weighted by Gasteiger charge is 2.12. The van der Waals surface area contributed by atoms with Crippen LogP contribution in [0.4, 0.5) is 5.88 Å². The SMILES string of the molecule is CC(Nc1cc2ccccc2o1)C(=O)O. The van der Waals surface area contributed by atoms with Crippen LogP contribution in [0.15, 0.2) is 34.7 Å². The molecule has 2 rings (SSSR count). The normalized spacial score (nSPS) is 12.6. The van der Waals surface area contributed by atoms with Gasteiger partial charge in [-0.2, -0.15) is 0 Å². The summed E-state index contributed by atoms with van der Waals surface area (Å²) in [7, 11) is 0. The van der Waals surface area contributed by atoms with Gasteiger partial charge in [0, 0.05) is 11.5 Å². The Balaban J connectivity index is 2.26. The lowest BCUT2D eigenvalue weighted by Gasteiger charge is -2.06. The van der Waals surface area contributed by atoms with Crippen molar-refractivity contribution < 1.29 is 14.3 Å². The van der Waals surface area contributed by atoms with E-state index < -0.39 is 12.0 Å². The zero-order valence-electron chi connectivity index (χ0n) is 8.23. The molecule has 0 saturated heterocycles. The van der Waals surface area contributed by atoms with Gasteiger partial charge >= 0.3 is 5.97 Å². The number of carboxylic acid groups (broad SMARTS) is 1. The number of carboxylic acids is 1. The molecule has 0 aliphatic rings. The largest absolute Gasteiger partial charge is 0.480 e. The molecule has 0 amide bonds. The van der Waals surface area contributed by atoms with Crippen molar-refractivity contribution >= 4 is 22.8 Å². The minimum atomic E-state index is -0.907. The molecule has 2 N–H and O–H groups in total. The van der Waals surface area contributed by atoms with Gasteiger partial charge < -0.3 is 14.8 Å². The van der Waals surface area contributed by atoms with Gasteiger partial charge in [0.25, 0.3) is 0 Å². The van der Waals surface area contributed by atoms with E-state index in [4.69, 9.17) is 9.52 Å². The number of benzene rings is 1. The Bertz CT molecular complexity index is 456. The average Bonchev–Trinajstić information content (AvgIpc) is 2.59. The second kappa shape index (κ2) is 3.65. The molecule has 0 bridgehead atoms. The van der Waals surface area contributed by atoms with Gasteiger partial charge in [0.1, 0.15) is 11.6 Å². The second-order valence-corrected chi connectivity index (χ2v) is 3.35. The number of anilines is 1. The zero-order chi connectivity index (χ0) is 10.8. The molecule has 1 heterocycles. The van der Waals surface area contributed by atoms with Gasteiger partial charge in [0.05, 0.1) is 0 Å². The minimum absolute atomic E-state index is 0.478. The number of carbonyl (C=O) groups is 1. The van der Waals surface area contributed by atoms with E-state index in [1.165, 1.54) is 0 Å². The fraction of sp³-hybridized carbons (Fsp3) is 0.182. The average molecular weight is 205 g/mol. The minimum Gasteiger partial charge on any atom is -0.480 e. The third kappa shape index (κ3) is 1.93. The Labute approximate surface area is 86.5 Å². The summed E-state index contributed by atoms with van der Waals surface area (Å²) >= 11 is 0. The quantitative estimate of drug-likeness (QED) is 0.807. The molecule has 4 nitrogen and oxygen atoms in total. The van der Waals surface area contributed by atoms with Crippen LogP contribution in [0, 0.1) is 0 Å². The first-order valence-corrected chi connectivity index (χ1v) is 4.65. The number of fused-ring (bicyclic) bond motifs is 1. The highest BCUT2D eigenvalue weighted by molar-refractivity contribution is 5.82. The van der Waals surface area contributed by atoms with E-state index in [9.17, 15) is 4.79 Å². The standard InChI is InChI=1S/C11H11NO3/c1-7(11(13)14)12-10-6-8-4-2-3-5-9(8)15-10/h2-7,12H,1H3,(H,13,14). The molecule has 0 radical (unpaired) electrons. The van der Waals surface area contributed by atoms with Crippen LogP contribution in [0.25, 0.3) is 11.0 Å². The summed E-state index contributed by atoms with van der Waals surface area (Å²) in [5, 5.41) is 12.4. The lowest BCUT2D eigenvalue weighted by atomic mass is 10.2. The predicted octanol–water partition coefficient (Wildman–Crippen LogP) is 2.32. The van der Waals surface area contributed by atoms with Crippen LogP contribution in [0.2, 0.25) is 0 Å². The summed E-state index contributed by atoms with van der Waals surface area (Å²) < 4.78 is 5.41. The van der Waals surface area contributed by atoms with Crippen LogP contribution in [0.1, 0.15) is 6.92 Å². The maximum atomic E-state index is 10.6. The summed E-state index contributed by atoms with van der Waals surface area (Å²) in [6, 6.07) is 8.65. The molecule has 0 fully saturated rings. The van der Waals surface area contributed by atoms with Crippen LogP contribution >= 0.6 is 0 Å². The molecule has 15 heavy (non-hydrogen) atoms. The highest BCUT2D eigenvalue weighted by Crippen LogP contribution is 2.22. The summed E-state index contributed by atoms with van der Waals surface area (Å²) in [6.07, 6.45) is 0. The molecule has 0 aliphatic carbocycles. The van der Waals surface area contributed by atoms with Gasteiger partial charge in [-0.1, -0.05) is 18.2 Å². The van der Waals surface area contributed by atoms with E-state index in [2.05, 4.69) is 5.32 Å². The van der Waals surface area contributed by atoms with Crippen molar-refractivity contribution in [2.45, 2.75) is 13.0 Å². The fourth-order valence-corrected chi connectivity index (χ4v) is 1.33. The van der Waals surface area contributed by atoms with Gasteiger partial charge in [-0.3, -0.25) is 4.79 Å². The Morgan fingerprint density at radius 1 is 1.47 bits per heavy atom. The van der Waals surface area contributed by atoms with Crippen LogP contribution in [0.5, 0.6) is 0 Å². The zero-order valence-corrected chi connectivity index (χ0v) is 8.23. The number of nitrogens with one attached hydrogen (secondary N) is 1. The van der Waals surface area contributed by atoms with Crippen molar-refractivity contribution in [2.75, 3.05) is 5.32 Å². The number of aliphatic carboxylic acids is 1. The first-order valence-electron chi connectivity index (χ1n) is 4.65. The molecule has 1 aromatic heterocycles. The Kier molecular flexibility index (Phi) is 2.33. The molecule has 78 valence electrons. The Hall–Kier alpha value is -1.97. The fourth-order valence-electron chi connectivity index (χ4n) is 1.33. The van der Waals surface area contributed by atoms with Crippen LogP contribution in [-0.2, 0) is 4.79 Å². The lowest BCUT2D eigenvalue weighted by molar-refractivity contribution is -0.137. The summed E-state index contributed by atoms with van der Waals surface area (Å²) in [5.41, 5.74) is 0.748. The second-order valence-electron chi connectivity index (χ2n) is 3.35. The van der Waals surface area contributed by atoms with Gasteiger partial charge in [-0.05, 0) is 13.0 Å². The molecule has 0 spiro atoms. The van der Waals surface area contributed by atoms with E-state index in [0.29, 0.717) is 5.88 Å². The van der Waals surface area contributed by atoms with E-state index >= 15 is 0 Å². The molecule has 0 saturated carbocycles. The maximum absolute atomic E-state index is 10.6. The number of hydrogen-bond donors (Lipinski definition) is 2. The first-order chi connectivity index (χ1) is 7.16. The summed E-state index contributed by atoms with van der Waals surface area (Å²) in [4.78, 5) is 10.6. The van der Waals surface area contributed by atoms with Crippen molar-refractivity contribution in [2.24, 2.45) is 0 Å². The van der Waals surface area contributed by atoms with Crippen molar-refractivity contribution in [3.05, 3.63) is 30.3 Å². The number of furan rings is 1.